The Hall–Kier alpha value is -1.51. The van der Waals surface area contributed by atoms with Crippen LogP contribution in [0.25, 0.3) is 0 Å². The molecule has 1 saturated carbocycles. The van der Waals surface area contributed by atoms with Crippen molar-refractivity contribution in [3.63, 3.8) is 0 Å². The first kappa shape index (κ1) is 10.0. The number of aromatic carboxylic acids is 1. The van der Waals surface area contributed by atoms with E-state index in [9.17, 15) is 4.79 Å². The Morgan fingerprint density at radius 2 is 2.27 bits per heavy atom. The van der Waals surface area contributed by atoms with Crippen LogP contribution in [0.4, 0.5) is 0 Å². The maximum absolute atomic E-state index is 11.0. The van der Waals surface area contributed by atoms with E-state index >= 15 is 0 Å². The number of carbonyl (C=O) groups is 1. The van der Waals surface area contributed by atoms with Gasteiger partial charge in [0.05, 0.1) is 6.61 Å². The van der Waals surface area contributed by atoms with Gasteiger partial charge in [-0.05, 0) is 37.3 Å². The molecule has 15 heavy (non-hydrogen) atoms. The molecular formula is C12H14O3. The molecule has 0 bridgehead atoms. The summed E-state index contributed by atoms with van der Waals surface area (Å²) < 4.78 is 5.57. The maximum atomic E-state index is 11.0. The Balaban J connectivity index is 2.20. The monoisotopic (exact) mass is 206 g/mol. The highest BCUT2D eigenvalue weighted by Gasteiger charge is 2.23. The molecular weight excluding hydrogens is 192 g/mol. The molecule has 1 aromatic carbocycles. The number of benzene rings is 1. The number of carboxylic acid groups (broad SMARTS) is 1. The van der Waals surface area contributed by atoms with Crippen molar-refractivity contribution in [3.8, 4) is 5.75 Å². The van der Waals surface area contributed by atoms with E-state index in [2.05, 4.69) is 0 Å². The minimum Gasteiger partial charge on any atom is -0.492 e. The second-order valence-corrected chi connectivity index (χ2v) is 4.01. The van der Waals surface area contributed by atoms with Crippen LogP contribution in [0.3, 0.4) is 0 Å². The van der Waals surface area contributed by atoms with Crippen LogP contribution in [-0.4, -0.2) is 17.7 Å². The summed E-state index contributed by atoms with van der Waals surface area (Å²) in [4.78, 5) is 11.0. The fourth-order valence-corrected chi connectivity index (χ4v) is 1.50. The molecule has 0 radical (unpaired) electrons. The molecule has 3 heteroatoms. The number of aryl methyl sites for hydroxylation is 1. The van der Waals surface area contributed by atoms with E-state index in [1.54, 1.807) is 12.1 Å². The van der Waals surface area contributed by atoms with E-state index in [1.807, 2.05) is 13.0 Å². The van der Waals surface area contributed by atoms with E-state index in [0.29, 0.717) is 18.3 Å². The summed E-state index contributed by atoms with van der Waals surface area (Å²) in [6.45, 7) is 2.51. The zero-order valence-electron chi connectivity index (χ0n) is 8.69. The third kappa shape index (κ3) is 2.29. The maximum Gasteiger partial charge on any atom is 0.339 e. The molecule has 0 aliphatic heterocycles. The first-order valence-corrected chi connectivity index (χ1v) is 5.14. The van der Waals surface area contributed by atoms with Crippen LogP contribution < -0.4 is 4.74 Å². The molecule has 0 aromatic heterocycles. The van der Waals surface area contributed by atoms with E-state index in [1.165, 1.54) is 12.8 Å². The number of hydrogen-bond acceptors (Lipinski definition) is 2. The largest absolute Gasteiger partial charge is 0.492 e. The quantitative estimate of drug-likeness (QED) is 0.823. The first-order valence-electron chi connectivity index (χ1n) is 5.14. The Morgan fingerprint density at radius 3 is 2.87 bits per heavy atom. The highest BCUT2D eigenvalue weighted by Crippen LogP contribution is 2.31. The molecule has 0 spiro atoms. The molecule has 1 aromatic rings. The van der Waals surface area contributed by atoms with Crippen molar-refractivity contribution >= 4 is 5.97 Å². The van der Waals surface area contributed by atoms with Gasteiger partial charge in [-0.1, -0.05) is 12.1 Å². The first-order chi connectivity index (χ1) is 7.18. The summed E-state index contributed by atoms with van der Waals surface area (Å²) in [6, 6.07) is 5.19. The average molecular weight is 206 g/mol. The van der Waals surface area contributed by atoms with Crippen molar-refractivity contribution in [2.24, 2.45) is 5.92 Å². The molecule has 0 saturated heterocycles. The third-order valence-electron chi connectivity index (χ3n) is 2.60. The van der Waals surface area contributed by atoms with Gasteiger partial charge in [-0.2, -0.15) is 0 Å². The normalized spacial score (nSPS) is 15.0. The van der Waals surface area contributed by atoms with Crippen LogP contribution in [0.5, 0.6) is 5.75 Å². The van der Waals surface area contributed by atoms with Gasteiger partial charge < -0.3 is 9.84 Å². The SMILES string of the molecule is Cc1cccc(C(=O)O)c1OCC1CC1. The predicted octanol–water partition coefficient (Wildman–Crippen LogP) is 2.48. The van der Waals surface area contributed by atoms with Crippen LogP contribution in [0.15, 0.2) is 18.2 Å². The second-order valence-electron chi connectivity index (χ2n) is 4.01. The lowest BCUT2D eigenvalue weighted by Crippen LogP contribution is -2.06. The van der Waals surface area contributed by atoms with E-state index < -0.39 is 5.97 Å². The fourth-order valence-electron chi connectivity index (χ4n) is 1.50. The highest BCUT2D eigenvalue weighted by atomic mass is 16.5. The number of carboxylic acids is 1. The van der Waals surface area contributed by atoms with Gasteiger partial charge in [0, 0.05) is 0 Å². The molecule has 1 aliphatic carbocycles. The Labute approximate surface area is 88.7 Å². The summed E-state index contributed by atoms with van der Waals surface area (Å²) in [5.74, 6) is 0.229. The summed E-state index contributed by atoms with van der Waals surface area (Å²) in [7, 11) is 0. The summed E-state index contributed by atoms with van der Waals surface area (Å²) in [5.41, 5.74) is 1.14. The van der Waals surface area contributed by atoms with Gasteiger partial charge in [-0.3, -0.25) is 0 Å². The fraction of sp³-hybridized carbons (Fsp3) is 0.417. The number of para-hydroxylation sites is 1. The molecule has 2 rings (SSSR count). The van der Waals surface area contributed by atoms with Crippen molar-refractivity contribution in [2.75, 3.05) is 6.61 Å². The average Bonchev–Trinajstić information content (AvgIpc) is 2.99. The zero-order chi connectivity index (χ0) is 10.8. The van der Waals surface area contributed by atoms with Gasteiger partial charge in [0.15, 0.2) is 0 Å². The molecule has 1 N–H and O–H groups in total. The van der Waals surface area contributed by atoms with Gasteiger partial charge in [-0.25, -0.2) is 4.79 Å². The smallest absolute Gasteiger partial charge is 0.339 e. The van der Waals surface area contributed by atoms with Crippen molar-refractivity contribution < 1.29 is 14.6 Å². The van der Waals surface area contributed by atoms with Gasteiger partial charge in [0.2, 0.25) is 0 Å². The molecule has 80 valence electrons. The second kappa shape index (κ2) is 3.93. The van der Waals surface area contributed by atoms with Crippen LogP contribution in [0.2, 0.25) is 0 Å². The van der Waals surface area contributed by atoms with Crippen LogP contribution in [0, 0.1) is 12.8 Å². The van der Waals surface area contributed by atoms with Gasteiger partial charge in [-0.15, -0.1) is 0 Å². The molecule has 0 heterocycles. The van der Waals surface area contributed by atoms with Crippen LogP contribution in [0.1, 0.15) is 28.8 Å². The lowest BCUT2D eigenvalue weighted by Gasteiger charge is -2.11. The summed E-state index contributed by atoms with van der Waals surface area (Å²) in [6.07, 6.45) is 2.41. The third-order valence-corrected chi connectivity index (χ3v) is 2.60. The lowest BCUT2D eigenvalue weighted by atomic mass is 10.1. The minimum absolute atomic E-state index is 0.260. The van der Waals surface area contributed by atoms with Gasteiger partial charge >= 0.3 is 5.97 Å². The van der Waals surface area contributed by atoms with Crippen molar-refractivity contribution in [1.82, 2.24) is 0 Å². The van der Waals surface area contributed by atoms with E-state index in [-0.39, 0.29) is 5.56 Å². The Kier molecular flexibility index (Phi) is 2.62. The topological polar surface area (TPSA) is 46.5 Å². The predicted molar refractivity (Wildman–Crippen MR) is 56.4 cm³/mol. The van der Waals surface area contributed by atoms with Crippen LogP contribution >= 0.6 is 0 Å². The standard InChI is InChI=1S/C12H14O3/c1-8-3-2-4-10(12(13)14)11(8)15-7-9-5-6-9/h2-4,9H,5-7H2,1H3,(H,13,14). The minimum atomic E-state index is -0.926. The van der Waals surface area contributed by atoms with Crippen molar-refractivity contribution in [3.05, 3.63) is 29.3 Å². The van der Waals surface area contributed by atoms with Crippen molar-refractivity contribution in [2.45, 2.75) is 19.8 Å². The molecule has 0 unspecified atom stereocenters. The molecule has 1 aliphatic rings. The number of hydrogen-bond donors (Lipinski definition) is 1. The van der Waals surface area contributed by atoms with Crippen molar-refractivity contribution in [1.29, 1.82) is 0 Å². The van der Waals surface area contributed by atoms with Gasteiger partial charge in [0.1, 0.15) is 11.3 Å². The lowest BCUT2D eigenvalue weighted by molar-refractivity contribution is 0.0691. The molecule has 0 amide bonds. The molecule has 0 atom stereocenters. The van der Waals surface area contributed by atoms with E-state index in [4.69, 9.17) is 9.84 Å². The number of ether oxygens (including phenoxy) is 1. The summed E-state index contributed by atoms with van der Waals surface area (Å²) in [5, 5.41) is 8.99. The van der Waals surface area contributed by atoms with Gasteiger partial charge in [0.25, 0.3) is 0 Å². The van der Waals surface area contributed by atoms with Crippen LogP contribution in [-0.2, 0) is 0 Å². The zero-order valence-corrected chi connectivity index (χ0v) is 8.69. The number of rotatable bonds is 4. The molecule has 3 nitrogen and oxygen atoms in total. The summed E-state index contributed by atoms with van der Waals surface area (Å²) >= 11 is 0. The Bertz CT molecular complexity index is 380. The molecule has 1 fully saturated rings. The Morgan fingerprint density at radius 1 is 1.53 bits per heavy atom. The highest BCUT2D eigenvalue weighted by molar-refractivity contribution is 5.91. The van der Waals surface area contributed by atoms with E-state index in [0.717, 1.165) is 5.56 Å².